The number of nitrogens with one attached hydrogen (secondary N) is 1. The minimum absolute atomic E-state index is 0.0309. The van der Waals surface area contributed by atoms with E-state index in [1.54, 1.807) is 11.9 Å². The Labute approximate surface area is 128 Å². The highest BCUT2D eigenvalue weighted by Crippen LogP contribution is 2.16. The summed E-state index contributed by atoms with van der Waals surface area (Å²) in [6.45, 7) is 4.72. The average molecular weight is 305 g/mol. The van der Waals surface area contributed by atoms with E-state index >= 15 is 0 Å². The van der Waals surface area contributed by atoms with Crippen molar-refractivity contribution in [2.75, 3.05) is 18.5 Å². The van der Waals surface area contributed by atoms with Crippen LogP contribution in [0.3, 0.4) is 0 Å². The number of rotatable bonds is 5. The lowest BCUT2D eigenvalue weighted by molar-refractivity contribution is -0.127. The van der Waals surface area contributed by atoms with Crippen molar-refractivity contribution in [3.05, 3.63) is 34.9 Å². The molecule has 0 bridgehead atoms. The van der Waals surface area contributed by atoms with Crippen LogP contribution in [-0.2, 0) is 11.3 Å². The SMILES string of the molecule is Cc1ccc(CN(C)C(=O)CSc2n[nH]c(N)n2)c(C)c1. The van der Waals surface area contributed by atoms with Gasteiger partial charge in [-0.2, -0.15) is 4.98 Å². The maximum atomic E-state index is 12.1. The maximum Gasteiger partial charge on any atom is 0.233 e. The highest BCUT2D eigenvalue weighted by atomic mass is 32.2. The molecule has 112 valence electrons. The minimum atomic E-state index is 0.0309. The molecule has 21 heavy (non-hydrogen) atoms. The number of aryl methyl sites for hydroxylation is 2. The number of hydrogen-bond acceptors (Lipinski definition) is 5. The van der Waals surface area contributed by atoms with Crippen molar-refractivity contribution in [1.29, 1.82) is 0 Å². The molecule has 1 aromatic carbocycles. The Morgan fingerprint density at radius 3 is 2.81 bits per heavy atom. The summed E-state index contributed by atoms with van der Waals surface area (Å²) in [6.07, 6.45) is 0. The number of nitrogens with zero attached hydrogens (tertiary/aromatic N) is 3. The van der Waals surface area contributed by atoms with Crippen molar-refractivity contribution < 1.29 is 4.79 Å². The lowest BCUT2D eigenvalue weighted by Gasteiger charge is -2.18. The molecule has 1 aromatic heterocycles. The third kappa shape index (κ3) is 4.22. The van der Waals surface area contributed by atoms with Gasteiger partial charge in [-0.15, -0.1) is 5.10 Å². The first-order chi connectivity index (χ1) is 9.95. The molecule has 0 atom stereocenters. The molecule has 0 aliphatic carbocycles. The van der Waals surface area contributed by atoms with Crippen LogP contribution >= 0.6 is 11.8 Å². The Morgan fingerprint density at radius 2 is 2.19 bits per heavy atom. The van der Waals surface area contributed by atoms with Crippen LogP contribution in [0.15, 0.2) is 23.4 Å². The third-order valence-corrected chi connectivity index (χ3v) is 3.97. The molecule has 1 heterocycles. The monoisotopic (exact) mass is 305 g/mol. The first-order valence-electron chi connectivity index (χ1n) is 6.56. The summed E-state index contributed by atoms with van der Waals surface area (Å²) in [7, 11) is 1.80. The fourth-order valence-electron chi connectivity index (χ4n) is 1.93. The van der Waals surface area contributed by atoms with Gasteiger partial charge in [0.25, 0.3) is 0 Å². The second-order valence-corrected chi connectivity index (χ2v) is 5.91. The van der Waals surface area contributed by atoms with Gasteiger partial charge in [0.15, 0.2) is 0 Å². The summed E-state index contributed by atoms with van der Waals surface area (Å²) >= 11 is 1.27. The first kappa shape index (κ1) is 15.4. The van der Waals surface area contributed by atoms with Crippen LogP contribution in [0.1, 0.15) is 16.7 Å². The summed E-state index contributed by atoms with van der Waals surface area (Å²) < 4.78 is 0. The van der Waals surface area contributed by atoms with Gasteiger partial charge in [-0.3, -0.25) is 4.79 Å². The van der Waals surface area contributed by atoms with E-state index in [4.69, 9.17) is 5.73 Å². The molecule has 0 saturated heterocycles. The fraction of sp³-hybridized carbons (Fsp3) is 0.357. The smallest absolute Gasteiger partial charge is 0.233 e. The van der Waals surface area contributed by atoms with Crippen molar-refractivity contribution in [3.63, 3.8) is 0 Å². The van der Waals surface area contributed by atoms with Crippen LogP contribution in [-0.4, -0.2) is 38.8 Å². The molecule has 2 rings (SSSR count). The zero-order valence-electron chi connectivity index (χ0n) is 12.4. The number of nitrogen functional groups attached to an aromatic ring is 1. The Kier molecular flexibility index (Phi) is 4.85. The maximum absolute atomic E-state index is 12.1. The van der Waals surface area contributed by atoms with Crippen molar-refractivity contribution in [2.24, 2.45) is 0 Å². The molecular formula is C14H19N5OS. The largest absolute Gasteiger partial charge is 0.368 e. The molecule has 6 nitrogen and oxygen atoms in total. The van der Waals surface area contributed by atoms with E-state index in [0.29, 0.717) is 17.5 Å². The number of H-pyrrole nitrogens is 1. The second-order valence-electron chi connectivity index (χ2n) is 4.97. The quantitative estimate of drug-likeness (QED) is 0.822. The summed E-state index contributed by atoms with van der Waals surface area (Å²) in [4.78, 5) is 17.8. The van der Waals surface area contributed by atoms with Crippen LogP contribution in [0.5, 0.6) is 0 Å². The van der Waals surface area contributed by atoms with Gasteiger partial charge < -0.3 is 10.6 Å². The number of benzene rings is 1. The Morgan fingerprint density at radius 1 is 1.43 bits per heavy atom. The van der Waals surface area contributed by atoms with E-state index in [0.717, 1.165) is 5.56 Å². The lowest BCUT2D eigenvalue weighted by atomic mass is 10.1. The number of amides is 1. The number of anilines is 1. The molecule has 0 spiro atoms. The lowest BCUT2D eigenvalue weighted by Crippen LogP contribution is -2.28. The van der Waals surface area contributed by atoms with Crippen LogP contribution in [0, 0.1) is 13.8 Å². The molecule has 0 aliphatic rings. The molecule has 0 unspecified atom stereocenters. The van der Waals surface area contributed by atoms with E-state index < -0.39 is 0 Å². The Balaban J connectivity index is 1.90. The third-order valence-electron chi connectivity index (χ3n) is 3.14. The number of aromatic nitrogens is 3. The van der Waals surface area contributed by atoms with Crippen LogP contribution in [0.4, 0.5) is 5.95 Å². The summed E-state index contributed by atoms with van der Waals surface area (Å²) in [6, 6.07) is 6.25. The van der Waals surface area contributed by atoms with Crippen LogP contribution in [0.2, 0.25) is 0 Å². The molecular weight excluding hydrogens is 286 g/mol. The van der Waals surface area contributed by atoms with Crippen LogP contribution in [0.25, 0.3) is 0 Å². The predicted octanol–water partition coefficient (Wildman–Crippen LogP) is 1.75. The van der Waals surface area contributed by atoms with Crippen molar-refractivity contribution in [3.8, 4) is 0 Å². The van der Waals surface area contributed by atoms with Gasteiger partial charge in [0.05, 0.1) is 5.75 Å². The molecule has 7 heteroatoms. The highest BCUT2D eigenvalue weighted by molar-refractivity contribution is 7.99. The first-order valence-corrected chi connectivity index (χ1v) is 7.55. The van der Waals surface area contributed by atoms with E-state index in [1.807, 2.05) is 0 Å². The van der Waals surface area contributed by atoms with E-state index in [2.05, 4.69) is 47.2 Å². The molecule has 0 radical (unpaired) electrons. The van der Waals surface area contributed by atoms with Gasteiger partial charge in [-0.1, -0.05) is 35.5 Å². The minimum Gasteiger partial charge on any atom is -0.368 e. The predicted molar refractivity (Wildman–Crippen MR) is 83.9 cm³/mol. The van der Waals surface area contributed by atoms with E-state index in [-0.39, 0.29) is 11.9 Å². The van der Waals surface area contributed by atoms with Gasteiger partial charge in [-0.05, 0) is 25.0 Å². The average Bonchev–Trinajstić information content (AvgIpc) is 2.85. The molecule has 0 aliphatic heterocycles. The zero-order chi connectivity index (χ0) is 15.4. The van der Waals surface area contributed by atoms with E-state index in [9.17, 15) is 4.79 Å². The molecule has 2 aromatic rings. The van der Waals surface area contributed by atoms with Crippen molar-refractivity contribution >= 4 is 23.6 Å². The second kappa shape index (κ2) is 6.62. The number of thioether (sulfide) groups is 1. The summed E-state index contributed by atoms with van der Waals surface area (Å²) in [5, 5.41) is 6.92. The number of carbonyl (C=O) groups excluding carboxylic acids is 1. The van der Waals surface area contributed by atoms with Crippen LogP contribution < -0.4 is 5.73 Å². The van der Waals surface area contributed by atoms with Gasteiger partial charge in [0, 0.05) is 13.6 Å². The Bertz CT molecular complexity index is 640. The number of hydrogen-bond donors (Lipinski definition) is 2. The molecule has 0 saturated carbocycles. The normalized spacial score (nSPS) is 10.6. The van der Waals surface area contributed by atoms with Gasteiger partial charge in [-0.25, -0.2) is 5.10 Å². The number of nitrogens with two attached hydrogens (primary N) is 1. The fourth-order valence-corrected chi connectivity index (χ4v) is 2.67. The highest BCUT2D eigenvalue weighted by Gasteiger charge is 2.12. The molecule has 1 amide bonds. The summed E-state index contributed by atoms with van der Waals surface area (Å²) in [5.74, 6) is 0.579. The zero-order valence-corrected chi connectivity index (χ0v) is 13.2. The number of aromatic amines is 1. The van der Waals surface area contributed by atoms with Crippen molar-refractivity contribution in [2.45, 2.75) is 25.5 Å². The number of carbonyl (C=O) groups is 1. The van der Waals surface area contributed by atoms with E-state index in [1.165, 1.54) is 22.9 Å². The van der Waals surface area contributed by atoms with Gasteiger partial charge in [0.2, 0.25) is 17.0 Å². The van der Waals surface area contributed by atoms with Gasteiger partial charge in [0.1, 0.15) is 0 Å². The topological polar surface area (TPSA) is 87.9 Å². The Hall–Kier alpha value is -2.02. The summed E-state index contributed by atoms with van der Waals surface area (Å²) in [5.41, 5.74) is 9.02. The standard InChI is InChI=1S/C14H19N5OS/c1-9-4-5-11(10(2)6-9)7-19(3)12(20)8-21-14-16-13(15)17-18-14/h4-6H,7-8H2,1-3H3,(H3,15,16,17,18). The molecule has 3 N–H and O–H groups in total. The van der Waals surface area contributed by atoms with Gasteiger partial charge >= 0.3 is 0 Å². The van der Waals surface area contributed by atoms with Crippen molar-refractivity contribution in [1.82, 2.24) is 20.1 Å². The molecule has 0 fully saturated rings.